The number of furan rings is 1. The molecule has 1 heterocycles. The van der Waals surface area contributed by atoms with Crippen LogP contribution < -0.4 is 4.90 Å². The van der Waals surface area contributed by atoms with Gasteiger partial charge in [-0.25, -0.2) is 0 Å². The zero-order valence-corrected chi connectivity index (χ0v) is 31.0. The molecule has 1 atom stereocenters. The average molecular weight is 706 g/mol. The Morgan fingerprint density at radius 1 is 0.527 bits per heavy atom. The highest BCUT2D eigenvalue weighted by Gasteiger charge is 2.43. The molecular weight excluding hydrogens is 667 g/mol. The van der Waals surface area contributed by atoms with Crippen molar-refractivity contribution < 1.29 is 4.42 Å². The molecular formula is C53H39NO. The van der Waals surface area contributed by atoms with E-state index < -0.39 is 0 Å². The van der Waals surface area contributed by atoms with Gasteiger partial charge in [0.25, 0.3) is 0 Å². The minimum absolute atomic E-state index is 0.0800. The number of hydrogen-bond donors (Lipinski definition) is 0. The number of fused-ring (bicyclic) bond motifs is 9. The van der Waals surface area contributed by atoms with Gasteiger partial charge in [0.2, 0.25) is 0 Å². The molecule has 55 heavy (non-hydrogen) atoms. The van der Waals surface area contributed by atoms with E-state index in [2.05, 4.69) is 195 Å². The van der Waals surface area contributed by atoms with Crippen molar-refractivity contribution in [3.63, 3.8) is 0 Å². The van der Waals surface area contributed by atoms with Crippen molar-refractivity contribution in [3.05, 3.63) is 199 Å². The molecule has 1 unspecified atom stereocenters. The first-order chi connectivity index (χ1) is 27.0. The summed E-state index contributed by atoms with van der Waals surface area (Å²) in [6, 6.07) is 61.8. The van der Waals surface area contributed by atoms with Gasteiger partial charge in [0.1, 0.15) is 11.2 Å². The fraction of sp³-hybridized carbons (Fsp3) is 0.0943. The van der Waals surface area contributed by atoms with Gasteiger partial charge in [-0.2, -0.15) is 0 Å². The van der Waals surface area contributed by atoms with Crippen LogP contribution in [0.3, 0.4) is 0 Å². The van der Waals surface area contributed by atoms with Crippen LogP contribution in [-0.4, -0.2) is 0 Å². The van der Waals surface area contributed by atoms with Gasteiger partial charge >= 0.3 is 0 Å². The minimum Gasteiger partial charge on any atom is -0.456 e. The van der Waals surface area contributed by atoms with Gasteiger partial charge in [-0.15, -0.1) is 0 Å². The maximum absolute atomic E-state index is 6.44. The smallest absolute Gasteiger partial charge is 0.136 e. The summed E-state index contributed by atoms with van der Waals surface area (Å²) < 4.78 is 6.44. The molecule has 0 spiro atoms. The molecule has 0 amide bonds. The molecule has 2 nitrogen and oxygen atoms in total. The highest BCUT2D eigenvalue weighted by Crippen LogP contribution is 2.54. The summed E-state index contributed by atoms with van der Waals surface area (Å²) in [6.45, 7) is 4.82. The Morgan fingerprint density at radius 2 is 1.24 bits per heavy atom. The molecule has 11 rings (SSSR count). The first-order valence-corrected chi connectivity index (χ1v) is 19.4. The Bertz CT molecular complexity index is 3050. The van der Waals surface area contributed by atoms with E-state index in [4.69, 9.17) is 4.42 Å². The lowest BCUT2D eigenvalue weighted by molar-refractivity contribution is 0.413. The number of anilines is 2. The summed E-state index contributed by atoms with van der Waals surface area (Å²) in [6.07, 6.45) is 5.91. The van der Waals surface area contributed by atoms with E-state index in [1.807, 2.05) is 6.07 Å². The second kappa shape index (κ2) is 12.2. The molecule has 9 aromatic rings. The molecule has 8 aromatic carbocycles. The fourth-order valence-corrected chi connectivity index (χ4v) is 9.53. The molecule has 0 aliphatic heterocycles. The van der Waals surface area contributed by atoms with E-state index in [1.165, 1.54) is 66.0 Å². The lowest BCUT2D eigenvalue weighted by Gasteiger charge is -2.34. The highest BCUT2D eigenvalue weighted by molar-refractivity contribution is 6.22. The van der Waals surface area contributed by atoms with E-state index in [0.29, 0.717) is 5.92 Å². The van der Waals surface area contributed by atoms with Crippen molar-refractivity contribution in [2.45, 2.75) is 25.7 Å². The zero-order chi connectivity index (χ0) is 36.7. The van der Waals surface area contributed by atoms with Gasteiger partial charge in [0.15, 0.2) is 0 Å². The zero-order valence-electron chi connectivity index (χ0n) is 31.0. The van der Waals surface area contributed by atoms with Crippen LogP contribution in [0.15, 0.2) is 192 Å². The van der Waals surface area contributed by atoms with Gasteiger partial charge in [-0.3, -0.25) is 0 Å². The Labute approximate surface area is 321 Å². The maximum atomic E-state index is 6.44. The van der Waals surface area contributed by atoms with Crippen molar-refractivity contribution >= 4 is 60.4 Å². The number of allylic oxidation sites excluding steroid dienone is 3. The summed E-state index contributed by atoms with van der Waals surface area (Å²) in [4.78, 5) is 2.45. The van der Waals surface area contributed by atoms with Gasteiger partial charge < -0.3 is 9.32 Å². The van der Waals surface area contributed by atoms with E-state index >= 15 is 0 Å². The second-order valence-corrected chi connectivity index (χ2v) is 15.7. The Morgan fingerprint density at radius 3 is 2.11 bits per heavy atom. The van der Waals surface area contributed by atoms with Crippen LogP contribution in [-0.2, 0) is 5.41 Å². The maximum Gasteiger partial charge on any atom is 0.136 e. The van der Waals surface area contributed by atoms with Crippen LogP contribution in [0.5, 0.6) is 0 Å². The molecule has 0 saturated heterocycles. The summed E-state index contributed by atoms with van der Waals surface area (Å²) >= 11 is 0. The first-order valence-electron chi connectivity index (χ1n) is 19.4. The van der Waals surface area contributed by atoms with Crippen molar-refractivity contribution in [2.24, 2.45) is 5.92 Å². The van der Waals surface area contributed by atoms with Crippen LogP contribution in [0.4, 0.5) is 11.4 Å². The number of para-hydroxylation sites is 1. The number of hydrogen-bond acceptors (Lipinski definition) is 2. The Balaban J connectivity index is 1.05. The van der Waals surface area contributed by atoms with Gasteiger partial charge in [-0.05, 0) is 127 Å². The van der Waals surface area contributed by atoms with Gasteiger partial charge in [-0.1, -0.05) is 147 Å². The van der Waals surface area contributed by atoms with Gasteiger partial charge in [0, 0.05) is 27.8 Å². The molecule has 2 aliphatic carbocycles. The van der Waals surface area contributed by atoms with Crippen molar-refractivity contribution in [1.29, 1.82) is 0 Å². The van der Waals surface area contributed by atoms with Crippen molar-refractivity contribution in [1.82, 2.24) is 0 Å². The van der Waals surface area contributed by atoms with Crippen LogP contribution in [0.25, 0.3) is 71.3 Å². The Kier molecular flexibility index (Phi) is 7.06. The second-order valence-electron chi connectivity index (χ2n) is 15.7. The topological polar surface area (TPSA) is 16.4 Å². The lowest BCUT2D eigenvalue weighted by atomic mass is 9.74. The normalized spacial score (nSPS) is 15.9. The van der Waals surface area contributed by atoms with Crippen LogP contribution in [0, 0.1) is 5.92 Å². The van der Waals surface area contributed by atoms with Crippen LogP contribution in [0.1, 0.15) is 31.4 Å². The third kappa shape index (κ3) is 5.02. The highest BCUT2D eigenvalue weighted by atomic mass is 16.3. The fourth-order valence-electron chi connectivity index (χ4n) is 9.53. The lowest BCUT2D eigenvalue weighted by Crippen LogP contribution is -2.26. The molecule has 262 valence electrons. The number of rotatable bonds is 5. The molecule has 0 radical (unpaired) electrons. The van der Waals surface area contributed by atoms with Crippen LogP contribution in [0.2, 0.25) is 0 Å². The summed E-state index contributed by atoms with van der Waals surface area (Å²) in [7, 11) is 0. The van der Waals surface area contributed by atoms with Crippen LogP contribution >= 0.6 is 0 Å². The number of nitrogens with zero attached hydrogens (tertiary/aromatic N) is 1. The molecule has 0 N–H and O–H groups in total. The summed E-state index contributed by atoms with van der Waals surface area (Å²) in [5.74, 6) is 0.447. The molecule has 0 bridgehead atoms. The largest absolute Gasteiger partial charge is 0.456 e. The standard InChI is InChI=1S/C53H39NO/c1-53(2)48-20-9-7-17-43(48)47-32-41(28-29-49(47)53)54(40-15-11-14-37(31-40)38-23-22-34-12-3-4-13-36(34)30-38)39-26-24-35(25-27-39)46-33-51-52(44-18-6-5-16-42(44)46)45-19-8-10-21-50(45)55-51/h3-28,30-33,49H,29H2,1-2H3. The third-order valence-electron chi connectivity index (χ3n) is 12.3. The van der Waals surface area contributed by atoms with E-state index in [0.717, 1.165) is 39.9 Å². The predicted molar refractivity (Wildman–Crippen MR) is 232 cm³/mol. The SMILES string of the molecule is CC1(C)c2ccccc2C2=CC(N(c3ccc(-c4cc5oc6ccccc6c5c5ccccc45)cc3)c3cccc(-c4ccc5ccccc5c4)c3)=CCC21. The van der Waals surface area contributed by atoms with Gasteiger partial charge in [0.05, 0.1) is 0 Å². The molecule has 0 fully saturated rings. The molecule has 1 aromatic heterocycles. The minimum atomic E-state index is 0.0800. The monoisotopic (exact) mass is 705 g/mol. The first kappa shape index (κ1) is 31.8. The predicted octanol–water partition coefficient (Wildman–Crippen LogP) is 14.6. The Hall–Kier alpha value is -6.64. The summed E-state index contributed by atoms with van der Waals surface area (Å²) in [5, 5.41) is 7.27. The van der Waals surface area contributed by atoms with Crippen molar-refractivity contribution in [3.8, 4) is 22.3 Å². The quantitative estimate of drug-likeness (QED) is 0.177. The summed E-state index contributed by atoms with van der Waals surface area (Å²) in [5.41, 5.74) is 14.4. The third-order valence-corrected chi connectivity index (χ3v) is 12.3. The number of benzene rings is 8. The molecule has 2 heteroatoms. The molecule has 2 aliphatic rings. The van der Waals surface area contributed by atoms with E-state index in [9.17, 15) is 0 Å². The van der Waals surface area contributed by atoms with E-state index in [1.54, 1.807) is 0 Å². The van der Waals surface area contributed by atoms with E-state index in [-0.39, 0.29) is 5.41 Å². The average Bonchev–Trinajstić information content (AvgIpc) is 3.73. The van der Waals surface area contributed by atoms with Crippen molar-refractivity contribution in [2.75, 3.05) is 4.90 Å². The molecule has 0 saturated carbocycles.